The van der Waals surface area contributed by atoms with E-state index in [1.807, 2.05) is 17.0 Å². The quantitative estimate of drug-likeness (QED) is 0.594. The molecule has 1 amide bonds. The highest BCUT2D eigenvalue weighted by atomic mass is 35.5. The van der Waals surface area contributed by atoms with Crippen molar-refractivity contribution in [1.82, 2.24) is 9.97 Å². The molecular weight excluding hydrogens is 378 g/mol. The molecule has 4 nitrogen and oxygen atoms in total. The van der Waals surface area contributed by atoms with Crippen LogP contribution in [0.25, 0.3) is 21.8 Å². The number of hydrogen-bond acceptors (Lipinski definition) is 4. The lowest BCUT2D eigenvalue weighted by Gasteiger charge is -2.27. The molecule has 3 heterocycles. The fraction of sp³-hybridized carbons (Fsp3) is 0.286. The van der Waals surface area contributed by atoms with Gasteiger partial charge >= 0.3 is 0 Å². The number of hydrogen-bond donors (Lipinski definition) is 0. The van der Waals surface area contributed by atoms with Crippen LogP contribution >= 0.6 is 23.7 Å². The maximum Gasteiger partial charge on any atom is 0.227 e. The van der Waals surface area contributed by atoms with E-state index in [2.05, 4.69) is 42.4 Å². The van der Waals surface area contributed by atoms with Gasteiger partial charge in [-0.15, -0.1) is 23.7 Å². The maximum atomic E-state index is 12.4. The topological polar surface area (TPSA) is 46.1 Å². The number of halogens is 1. The predicted octanol–water partition coefficient (Wildman–Crippen LogP) is 5.37. The number of carbonyl (C=O) groups excluding carboxylic acids is 1. The highest BCUT2D eigenvalue weighted by molar-refractivity contribution is 7.13. The second kappa shape index (κ2) is 8.19. The van der Waals surface area contributed by atoms with E-state index in [4.69, 9.17) is 4.98 Å². The van der Waals surface area contributed by atoms with Crippen molar-refractivity contribution < 1.29 is 4.79 Å². The number of nitrogens with zero attached hydrogens (tertiary/aromatic N) is 3. The average molecular weight is 400 g/mol. The molecule has 0 bridgehead atoms. The van der Waals surface area contributed by atoms with E-state index in [-0.39, 0.29) is 24.4 Å². The average Bonchev–Trinajstić information content (AvgIpc) is 3.07. The van der Waals surface area contributed by atoms with E-state index in [1.165, 1.54) is 5.56 Å². The summed E-state index contributed by atoms with van der Waals surface area (Å²) < 4.78 is 0. The minimum Gasteiger partial charge on any atom is -0.310 e. The molecular formula is C21H22ClN3OS. The Morgan fingerprint density at radius 3 is 2.59 bits per heavy atom. The third kappa shape index (κ3) is 3.89. The standard InChI is InChI=1S/C21H21N3OS.ClH/c1-14(2)24-19-7-6-16(12-17(19)4-3-5-20(24)25)18-13-26-21(23-18)15-8-10-22-11-9-15;/h6-14H,3-5H2,1-2H3;1H. The van der Waals surface area contributed by atoms with Gasteiger partial charge in [0.2, 0.25) is 5.91 Å². The van der Waals surface area contributed by atoms with Gasteiger partial charge in [0.25, 0.3) is 0 Å². The molecule has 27 heavy (non-hydrogen) atoms. The summed E-state index contributed by atoms with van der Waals surface area (Å²) in [5, 5.41) is 3.09. The monoisotopic (exact) mass is 399 g/mol. The molecule has 6 heteroatoms. The van der Waals surface area contributed by atoms with Gasteiger partial charge in [-0.1, -0.05) is 6.07 Å². The Balaban J connectivity index is 0.00000210. The van der Waals surface area contributed by atoms with E-state index in [9.17, 15) is 4.79 Å². The normalized spacial score (nSPS) is 13.9. The first-order chi connectivity index (χ1) is 12.6. The zero-order chi connectivity index (χ0) is 18.1. The van der Waals surface area contributed by atoms with Crippen LogP contribution in [-0.4, -0.2) is 21.9 Å². The first-order valence-electron chi connectivity index (χ1n) is 8.95. The molecule has 4 rings (SSSR count). The molecule has 0 N–H and O–H groups in total. The van der Waals surface area contributed by atoms with Gasteiger partial charge in [0.1, 0.15) is 5.01 Å². The third-order valence-corrected chi connectivity index (χ3v) is 5.58. The maximum absolute atomic E-state index is 12.4. The Labute approximate surface area is 169 Å². The number of fused-ring (bicyclic) bond motifs is 1. The molecule has 1 aliphatic rings. The van der Waals surface area contributed by atoms with Crippen LogP contribution in [0.5, 0.6) is 0 Å². The van der Waals surface area contributed by atoms with Crippen molar-refractivity contribution in [2.45, 2.75) is 39.2 Å². The van der Waals surface area contributed by atoms with Gasteiger partial charge in [0.05, 0.1) is 5.69 Å². The number of carbonyl (C=O) groups is 1. The number of anilines is 1. The van der Waals surface area contributed by atoms with Crippen molar-refractivity contribution in [2.24, 2.45) is 0 Å². The van der Waals surface area contributed by atoms with Gasteiger partial charge in [0, 0.05) is 47.1 Å². The number of thiazole rings is 1. The molecule has 0 saturated heterocycles. The van der Waals surface area contributed by atoms with E-state index < -0.39 is 0 Å². The number of benzene rings is 1. The smallest absolute Gasteiger partial charge is 0.227 e. The van der Waals surface area contributed by atoms with E-state index in [0.29, 0.717) is 6.42 Å². The lowest BCUT2D eigenvalue weighted by atomic mass is 10.0. The largest absolute Gasteiger partial charge is 0.310 e. The highest BCUT2D eigenvalue weighted by Crippen LogP contribution is 2.34. The predicted molar refractivity (Wildman–Crippen MR) is 114 cm³/mol. The van der Waals surface area contributed by atoms with Crippen LogP contribution < -0.4 is 4.90 Å². The van der Waals surface area contributed by atoms with Gasteiger partial charge in [-0.25, -0.2) is 4.98 Å². The molecule has 3 aromatic rings. The summed E-state index contributed by atoms with van der Waals surface area (Å²) >= 11 is 1.64. The molecule has 2 aromatic heterocycles. The molecule has 0 atom stereocenters. The Hall–Kier alpha value is -2.24. The van der Waals surface area contributed by atoms with Crippen molar-refractivity contribution in [1.29, 1.82) is 0 Å². The third-order valence-electron chi connectivity index (χ3n) is 4.69. The summed E-state index contributed by atoms with van der Waals surface area (Å²) in [5.74, 6) is 0.222. The molecule has 0 fully saturated rings. The molecule has 0 saturated carbocycles. The molecule has 0 aliphatic carbocycles. The zero-order valence-electron chi connectivity index (χ0n) is 15.4. The van der Waals surface area contributed by atoms with Crippen LogP contribution in [0.15, 0.2) is 48.1 Å². The number of aryl methyl sites for hydroxylation is 1. The SMILES string of the molecule is CC(C)N1C(=O)CCCc2cc(-c3csc(-c4ccncc4)n3)ccc21.Cl. The Bertz CT molecular complexity index is 940. The summed E-state index contributed by atoms with van der Waals surface area (Å²) in [7, 11) is 0. The van der Waals surface area contributed by atoms with Crippen molar-refractivity contribution in [3.05, 3.63) is 53.7 Å². The Kier molecular flexibility index (Phi) is 5.92. The molecule has 1 aliphatic heterocycles. The summed E-state index contributed by atoms with van der Waals surface area (Å²) in [6.07, 6.45) is 6.02. The van der Waals surface area contributed by atoms with Gasteiger partial charge in [-0.05, 0) is 56.5 Å². The van der Waals surface area contributed by atoms with E-state index >= 15 is 0 Å². The summed E-state index contributed by atoms with van der Waals surface area (Å²) in [6.45, 7) is 4.14. The van der Waals surface area contributed by atoms with E-state index in [1.54, 1.807) is 23.7 Å². The Morgan fingerprint density at radius 2 is 1.85 bits per heavy atom. The van der Waals surface area contributed by atoms with Crippen LogP contribution in [0.4, 0.5) is 5.69 Å². The lowest BCUT2D eigenvalue weighted by molar-refractivity contribution is -0.118. The molecule has 1 aromatic carbocycles. The van der Waals surface area contributed by atoms with Crippen molar-refractivity contribution in [3.63, 3.8) is 0 Å². The molecule has 0 radical (unpaired) electrons. The van der Waals surface area contributed by atoms with Gasteiger partial charge < -0.3 is 4.90 Å². The minimum atomic E-state index is 0. The van der Waals surface area contributed by atoms with E-state index in [0.717, 1.165) is 40.4 Å². The molecule has 140 valence electrons. The number of rotatable bonds is 3. The number of pyridine rings is 1. The van der Waals surface area contributed by atoms with Crippen LogP contribution in [0.2, 0.25) is 0 Å². The molecule has 0 spiro atoms. The lowest BCUT2D eigenvalue weighted by Crippen LogP contribution is -2.36. The van der Waals surface area contributed by atoms with Crippen molar-refractivity contribution in [3.8, 4) is 21.8 Å². The fourth-order valence-electron chi connectivity index (χ4n) is 3.46. The van der Waals surface area contributed by atoms with Crippen molar-refractivity contribution >= 4 is 35.3 Å². The van der Waals surface area contributed by atoms with Crippen LogP contribution in [0.3, 0.4) is 0 Å². The number of aromatic nitrogens is 2. The van der Waals surface area contributed by atoms with Crippen molar-refractivity contribution in [2.75, 3.05) is 4.90 Å². The van der Waals surface area contributed by atoms with Crippen LogP contribution in [-0.2, 0) is 11.2 Å². The second-order valence-electron chi connectivity index (χ2n) is 6.83. The van der Waals surface area contributed by atoms with Gasteiger partial charge in [-0.3, -0.25) is 9.78 Å². The van der Waals surface area contributed by atoms with Gasteiger partial charge in [0.15, 0.2) is 0 Å². The highest BCUT2D eigenvalue weighted by Gasteiger charge is 2.24. The van der Waals surface area contributed by atoms with Gasteiger partial charge in [-0.2, -0.15) is 0 Å². The first-order valence-corrected chi connectivity index (χ1v) is 9.83. The van der Waals surface area contributed by atoms with Crippen LogP contribution in [0.1, 0.15) is 32.3 Å². The van der Waals surface area contributed by atoms with Crippen LogP contribution in [0, 0.1) is 0 Å². The summed E-state index contributed by atoms with van der Waals surface area (Å²) in [6, 6.07) is 10.5. The second-order valence-corrected chi connectivity index (χ2v) is 7.69. The summed E-state index contributed by atoms with van der Waals surface area (Å²) in [4.78, 5) is 23.3. The molecule has 0 unspecified atom stereocenters. The Morgan fingerprint density at radius 1 is 1.07 bits per heavy atom. The summed E-state index contributed by atoms with van der Waals surface area (Å²) in [5.41, 5.74) is 5.47. The number of amides is 1. The fourth-order valence-corrected chi connectivity index (χ4v) is 4.30. The minimum absolute atomic E-state index is 0. The zero-order valence-corrected chi connectivity index (χ0v) is 17.0. The first kappa shape index (κ1) is 19.5.